The van der Waals surface area contributed by atoms with Crippen LogP contribution in [-0.2, 0) is 4.79 Å². The van der Waals surface area contributed by atoms with E-state index in [2.05, 4.69) is 10.6 Å². The van der Waals surface area contributed by atoms with Crippen LogP contribution in [-0.4, -0.2) is 25.4 Å². The monoisotopic (exact) mass is 271 g/mol. The van der Waals surface area contributed by atoms with Gasteiger partial charge in [0.25, 0.3) is 5.91 Å². The van der Waals surface area contributed by atoms with E-state index in [-0.39, 0.29) is 18.3 Å². The Hall–Kier alpha value is -1.59. The van der Waals surface area contributed by atoms with E-state index in [0.717, 1.165) is 13.0 Å². The van der Waals surface area contributed by atoms with Crippen molar-refractivity contribution >= 4 is 29.9 Å². The molecule has 0 bridgehead atoms. The van der Waals surface area contributed by atoms with Crippen LogP contribution in [0.15, 0.2) is 24.3 Å². The molecule has 0 aliphatic heterocycles. The number of primary amides is 1. The number of carbonyl (C=O) groups is 2. The molecule has 0 aromatic heterocycles. The average Bonchev–Trinajstić information content (AvgIpc) is 2.29. The number of benzene rings is 1. The summed E-state index contributed by atoms with van der Waals surface area (Å²) in [7, 11) is 1.83. The summed E-state index contributed by atoms with van der Waals surface area (Å²) >= 11 is 0. The van der Waals surface area contributed by atoms with Crippen LogP contribution >= 0.6 is 12.4 Å². The molecular formula is C12H18ClN3O2. The fraction of sp³-hybridized carbons (Fsp3) is 0.333. The Morgan fingerprint density at radius 3 is 2.56 bits per heavy atom. The minimum absolute atomic E-state index is 0. The van der Waals surface area contributed by atoms with Crippen molar-refractivity contribution in [1.82, 2.24) is 5.32 Å². The second-order valence-electron chi connectivity index (χ2n) is 3.67. The number of nitrogens with two attached hydrogens (primary N) is 1. The van der Waals surface area contributed by atoms with Crippen LogP contribution < -0.4 is 16.4 Å². The Morgan fingerprint density at radius 2 is 1.94 bits per heavy atom. The molecule has 0 heterocycles. The van der Waals surface area contributed by atoms with Crippen molar-refractivity contribution < 1.29 is 9.59 Å². The Bertz CT molecular complexity index is 410. The van der Waals surface area contributed by atoms with Crippen molar-refractivity contribution in [3.63, 3.8) is 0 Å². The lowest BCUT2D eigenvalue weighted by Crippen LogP contribution is -2.19. The molecule has 0 atom stereocenters. The summed E-state index contributed by atoms with van der Waals surface area (Å²) in [6.07, 6.45) is 1.16. The molecule has 0 radical (unpaired) electrons. The van der Waals surface area contributed by atoms with Gasteiger partial charge in [0.05, 0.1) is 11.3 Å². The van der Waals surface area contributed by atoms with Gasteiger partial charge in [-0.3, -0.25) is 9.59 Å². The number of nitrogens with one attached hydrogen (secondary N) is 2. The first-order valence-corrected chi connectivity index (χ1v) is 5.48. The highest BCUT2D eigenvalue weighted by molar-refractivity contribution is 6.02. The Balaban J connectivity index is 0.00000289. The van der Waals surface area contributed by atoms with Crippen molar-refractivity contribution in [2.45, 2.75) is 12.8 Å². The van der Waals surface area contributed by atoms with E-state index < -0.39 is 5.91 Å². The quantitative estimate of drug-likeness (QED) is 0.679. The second-order valence-corrected chi connectivity index (χ2v) is 3.67. The summed E-state index contributed by atoms with van der Waals surface area (Å²) in [4.78, 5) is 22.7. The van der Waals surface area contributed by atoms with E-state index in [0.29, 0.717) is 17.7 Å². The molecule has 1 aromatic carbocycles. The zero-order valence-corrected chi connectivity index (χ0v) is 11.0. The fourth-order valence-electron chi connectivity index (χ4n) is 1.45. The Kier molecular flexibility index (Phi) is 7.74. The molecule has 0 fully saturated rings. The predicted molar refractivity (Wildman–Crippen MR) is 74.0 cm³/mol. The van der Waals surface area contributed by atoms with Crippen LogP contribution in [0.3, 0.4) is 0 Å². The van der Waals surface area contributed by atoms with Crippen LogP contribution in [0.2, 0.25) is 0 Å². The van der Waals surface area contributed by atoms with Crippen molar-refractivity contribution in [3.8, 4) is 0 Å². The van der Waals surface area contributed by atoms with Gasteiger partial charge in [-0.15, -0.1) is 12.4 Å². The summed E-state index contributed by atoms with van der Waals surface area (Å²) in [6, 6.07) is 6.70. The van der Waals surface area contributed by atoms with Crippen LogP contribution in [0.4, 0.5) is 5.69 Å². The van der Waals surface area contributed by atoms with E-state index in [9.17, 15) is 9.59 Å². The van der Waals surface area contributed by atoms with Crippen molar-refractivity contribution in [2.24, 2.45) is 5.73 Å². The predicted octanol–water partition coefficient (Wildman–Crippen LogP) is 1.15. The zero-order valence-electron chi connectivity index (χ0n) is 10.2. The largest absolute Gasteiger partial charge is 0.366 e. The number of hydrogen-bond donors (Lipinski definition) is 3. The molecule has 6 heteroatoms. The third-order valence-corrected chi connectivity index (χ3v) is 2.30. The lowest BCUT2D eigenvalue weighted by atomic mass is 10.1. The molecule has 0 spiro atoms. The molecule has 0 saturated carbocycles. The summed E-state index contributed by atoms with van der Waals surface area (Å²) in [5.74, 6) is -0.662. The minimum Gasteiger partial charge on any atom is -0.366 e. The smallest absolute Gasteiger partial charge is 0.250 e. The van der Waals surface area contributed by atoms with E-state index in [1.54, 1.807) is 24.3 Å². The lowest BCUT2D eigenvalue weighted by Gasteiger charge is -2.08. The Labute approximate surface area is 113 Å². The molecule has 4 N–H and O–H groups in total. The van der Waals surface area contributed by atoms with Gasteiger partial charge in [-0.1, -0.05) is 12.1 Å². The summed E-state index contributed by atoms with van der Waals surface area (Å²) in [5, 5.41) is 5.65. The van der Waals surface area contributed by atoms with Gasteiger partial charge in [0.2, 0.25) is 5.91 Å². The molecule has 1 rings (SSSR count). The van der Waals surface area contributed by atoms with E-state index in [1.165, 1.54) is 0 Å². The molecule has 2 amide bonds. The highest BCUT2D eigenvalue weighted by Crippen LogP contribution is 2.14. The van der Waals surface area contributed by atoms with Crippen molar-refractivity contribution in [1.29, 1.82) is 0 Å². The van der Waals surface area contributed by atoms with Gasteiger partial charge in [-0.25, -0.2) is 0 Å². The van der Waals surface area contributed by atoms with Gasteiger partial charge in [0.1, 0.15) is 0 Å². The summed E-state index contributed by atoms with van der Waals surface area (Å²) in [6.45, 7) is 0.783. The van der Waals surface area contributed by atoms with Gasteiger partial charge in [-0.05, 0) is 32.1 Å². The molecule has 5 nitrogen and oxygen atoms in total. The molecule has 0 saturated heterocycles. The number of para-hydroxylation sites is 1. The number of hydrogen-bond acceptors (Lipinski definition) is 3. The average molecular weight is 272 g/mol. The minimum atomic E-state index is -0.545. The van der Waals surface area contributed by atoms with E-state index >= 15 is 0 Å². The number of carbonyl (C=O) groups excluding carboxylic acids is 2. The SMILES string of the molecule is CNCCCC(=O)Nc1ccccc1C(N)=O.Cl. The topological polar surface area (TPSA) is 84.2 Å². The number of rotatable bonds is 6. The number of amides is 2. The van der Waals surface area contributed by atoms with Crippen LogP contribution in [0.25, 0.3) is 0 Å². The summed E-state index contributed by atoms with van der Waals surface area (Å²) < 4.78 is 0. The van der Waals surface area contributed by atoms with Gasteiger partial charge < -0.3 is 16.4 Å². The van der Waals surface area contributed by atoms with E-state index in [1.807, 2.05) is 7.05 Å². The van der Waals surface area contributed by atoms with Crippen LogP contribution in [0, 0.1) is 0 Å². The van der Waals surface area contributed by atoms with Gasteiger partial charge in [0, 0.05) is 6.42 Å². The molecular weight excluding hydrogens is 254 g/mol. The van der Waals surface area contributed by atoms with Crippen LogP contribution in [0.1, 0.15) is 23.2 Å². The molecule has 0 unspecified atom stereocenters. The standard InChI is InChI=1S/C12H17N3O2.ClH/c1-14-8-4-7-11(16)15-10-6-3-2-5-9(10)12(13)17;/h2-3,5-6,14H,4,7-8H2,1H3,(H2,13,17)(H,15,16);1H. The van der Waals surface area contributed by atoms with Crippen molar-refractivity contribution in [3.05, 3.63) is 29.8 Å². The molecule has 0 aliphatic carbocycles. The maximum Gasteiger partial charge on any atom is 0.250 e. The first-order valence-electron chi connectivity index (χ1n) is 5.48. The maximum absolute atomic E-state index is 11.6. The molecule has 0 aliphatic rings. The van der Waals surface area contributed by atoms with Gasteiger partial charge >= 0.3 is 0 Å². The zero-order chi connectivity index (χ0) is 12.7. The third-order valence-electron chi connectivity index (χ3n) is 2.30. The second kappa shape index (κ2) is 8.49. The van der Waals surface area contributed by atoms with Crippen molar-refractivity contribution in [2.75, 3.05) is 18.9 Å². The normalized spacial score (nSPS) is 9.39. The van der Waals surface area contributed by atoms with Gasteiger partial charge in [-0.2, -0.15) is 0 Å². The lowest BCUT2D eigenvalue weighted by molar-refractivity contribution is -0.116. The summed E-state index contributed by atoms with van der Waals surface area (Å²) in [5.41, 5.74) is 6.01. The Morgan fingerprint density at radius 1 is 1.28 bits per heavy atom. The first-order chi connectivity index (χ1) is 8.15. The fourth-order valence-corrected chi connectivity index (χ4v) is 1.45. The number of halogens is 1. The maximum atomic E-state index is 11.6. The molecule has 18 heavy (non-hydrogen) atoms. The van der Waals surface area contributed by atoms with Gasteiger partial charge in [0.15, 0.2) is 0 Å². The number of anilines is 1. The third kappa shape index (κ3) is 5.16. The first kappa shape index (κ1) is 16.4. The highest BCUT2D eigenvalue weighted by atomic mass is 35.5. The van der Waals surface area contributed by atoms with Crippen LogP contribution in [0.5, 0.6) is 0 Å². The van der Waals surface area contributed by atoms with E-state index in [4.69, 9.17) is 5.73 Å². The molecule has 100 valence electrons. The highest BCUT2D eigenvalue weighted by Gasteiger charge is 2.09. The molecule has 1 aromatic rings.